The van der Waals surface area contributed by atoms with Gasteiger partial charge in [0.25, 0.3) is 0 Å². The molecule has 0 aliphatic carbocycles. The van der Waals surface area contributed by atoms with Crippen molar-refractivity contribution >= 4 is 17.0 Å². The summed E-state index contributed by atoms with van der Waals surface area (Å²) in [7, 11) is 0. The van der Waals surface area contributed by atoms with Gasteiger partial charge in [-0.05, 0) is 17.7 Å². The molecule has 1 aliphatic heterocycles. The van der Waals surface area contributed by atoms with Crippen LogP contribution in [0.1, 0.15) is 11.8 Å². The number of nitrogen functional groups attached to an aromatic ring is 1. The molecule has 3 N–H and O–H groups in total. The summed E-state index contributed by atoms with van der Waals surface area (Å²) >= 11 is 0. The average Bonchev–Trinajstić information content (AvgIpc) is 3.21. The Bertz CT molecular complexity index is 877. The molecule has 2 aromatic heterocycles. The van der Waals surface area contributed by atoms with E-state index < -0.39 is 11.8 Å². The van der Waals surface area contributed by atoms with E-state index in [1.54, 1.807) is 10.9 Å². The second-order valence-corrected chi connectivity index (χ2v) is 5.36. The second-order valence-electron chi connectivity index (χ2n) is 5.36. The van der Waals surface area contributed by atoms with Crippen LogP contribution in [-0.4, -0.2) is 31.2 Å². The molecule has 7 nitrogen and oxygen atoms in total. The first-order valence-corrected chi connectivity index (χ1v) is 7.20. The van der Waals surface area contributed by atoms with Crippen molar-refractivity contribution in [3.8, 4) is 0 Å². The van der Waals surface area contributed by atoms with Crippen molar-refractivity contribution < 1.29 is 9.84 Å². The molecule has 3 aromatic rings. The van der Waals surface area contributed by atoms with E-state index in [1.807, 2.05) is 42.5 Å². The number of fused-ring (bicyclic) bond motifs is 1. The third-order valence-electron chi connectivity index (χ3n) is 4.02. The van der Waals surface area contributed by atoms with Crippen molar-refractivity contribution in [2.75, 3.05) is 12.3 Å². The van der Waals surface area contributed by atoms with E-state index in [9.17, 15) is 5.11 Å². The summed E-state index contributed by atoms with van der Waals surface area (Å²) in [6.45, 7) is -0.159. The number of aliphatic hydroxyl groups excluding tert-OH is 1. The Morgan fingerprint density at radius 1 is 1.22 bits per heavy atom. The summed E-state index contributed by atoms with van der Waals surface area (Å²) in [4.78, 5) is 12.4. The number of hydrogen-bond donors (Lipinski definition) is 2. The van der Waals surface area contributed by atoms with Crippen LogP contribution in [0.2, 0.25) is 0 Å². The fourth-order valence-corrected chi connectivity index (χ4v) is 2.80. The molecule has 0 radical (unpaired) electrons. The van der Waals surface area contributed by atoms with Gasteiger partial charge < -0.3 is 15.6 Å². The number of nitrogens with two attached hydrogens (primary N) is 1. The van der Waals surface area contributed by atoms with Gasteiger partial charge in [-0.2, -0.15) is 0 Å². The minimum absolute atomic E-state index is 0.159. The molecule has 0 unspecified atom stereocenters. The summed E-state index contributed by atoms with van der Waals surface area (Å²) in [6, 6.07) is 9.60. The number of nitrogens with zero attached hydrogens (tertiary/aromatic N) is 4. The van der Waals surface area contributed by atoms with Crippen LogP contribution in [0, 0.1) is 0 Å². The first-order valence-electron chi connectivity index (χ1n) is 7.20. The van der Waals surface area contributed by atoms with Crippen molar-refractivity contribution in [1.29, 1.82) is 0 Å². The van der Waals surface area contributed by atoms with Gasteiger partial charge in [0.1, 0.15) is 17.4 Å². The summed E-state index contributed by atoms with van der Waals surface area (Å²) in [5, 5.41) is 9.90. The first kappa shape index (κ1) is 13.9. The lowest BCUT2D eigenvalue weighted by atomic mass is 9.95. The van der Waals surface area contributed by atoms with E-state index in [0.29, 0.717) is 17.0 Å². The number of rotatable bonds is 3. The summed E-state index contributed by atoms with van der Waals surface area (Å²) < 4.78 is 7.91. The number of ether oxygens (including phenoxy) is 1. The first-order chi connectivity index (χ1) is 11.2. The summed E-state index contributed by atoms with van der Waals surface area (Å²) in [5.41, 5.74) is 6.95. The molecule has 0 spiro atoms. The van der Waals surface area contributed by atoms with E-state index in [0.717, 1.165) is 5.56 Å². The van der Waals surface area contributed by atoms with Gasteiger partial charge in [-0.1, -0.05) is 30.3 Å². The predicted octanol–water partition coefficient (Wildman–Crippen LogP) is 1.38. The molecular weight excluding hydrogens is 294 g/mol. The van der Waals surface area contributed by atoms with Crippen LogP contribution in [0.15, 0.2) is 55.1 Å². The molecular formula is C16H15N5O2. The zero-order valence-electron chi connectivity index (χ0n) is 12.2. The number of hydrogen-bond acceptors (Lipinski definition) is 6. The van der Waals surface area contributed by atoms with E-state index in [1.165, 1.54) is 6.33 Å². The molecule has 23 heavy (non-hydrogen) atoms. The second kappa shape index (κ2) is 5.15. The van der Waals surface area contributed by atoms with Crippen molar-refractivity contribution in [1.82, 2.24) is 19.5 Å². The molecule has 1 aliphatic rings. The van der Waals surface area contributed by atoms with E-state index in [2.05, 4.69) is 15.0 Å². The van der Waals surface area contributed by atoms with Crippen LogP contribution in [0.4, 0.5) is 5.82 Å². The Kier molecular flexibility index (Phi) is 3.10. The van der Waals surface area contributed by atoms with Crippen molar-refractivity contribution in [3.63, 3.8) is 0 Å². The number of imidazole rings is 1. The van der Waals surface area contributed by atoms with Crippen LogP contribution < -0.4 is 5.73 Å². The maximum atomic E-state index is 9.90. The Labute approximate surface area is 132 Å². The third kappa shape index (κ3) is 2.09. The van der Waals surface area contributed by atoms with Gasteiger partial charge in [-0.15, -0.1) is 0 Å². The molecule has 1 aromatic carbocycles. The van der Waals surface area contributed by atoms with Gasteiger partial charge in [0.05, 0.1) is 12.9 Å². The molecule has 0 bridgehead atoms. The van der Waals surface area contributed by atoms with E-state index >= 15 is 0 Å². The highest BCUT2D eigenvalue weighted by atomic mass is 16.5. The fourth-order valence-electron chi connectivity index (χ4n) is 2.80. The number of aromatic nitrogens is 4. The topological polar surface area (TPSA) is 99.1 Å². The lowest BCUT2D eigenvalue weighted by molar-refractivity contribution is -0.0859. The quantitative estimate of drug-likeness (QED) is 0.709. The van der Waals surface area contributed by atoms with Crippen LogP contribution >= 0.6 is 0 Å². The highest BCUT2D eigenvalue weighted by Crippen LogP contribution is 2.38. The van der Waals surface area contributed by atoms with Gasteiger partial charge in [-0.25, -0.2) is 15.0 Å². The highest BCUT2D eigenvalue weighted by molar-refractivity contribution is 5.81. The van der Waals surface area contributed by atoms with Crippen LogP contribution in [0.25, 0.3) is 11.2 Å². The molecule has 0 saturated heterocycles. The Morgan fingerprint density at radius 2 is 2.04 bits per heavy atom. The van der Waals surface area contributed by atoms with Gasteiger partial charge in [0, 0.05) is 0 Å². The Hall–Kier alpha value is -2.77. The van der Waals surface area contributed by atoms with Crippen LogP contribution in [-0.2, 0) is 10.3 Å². The van der Waals surface area contributed by atoms with Crippen LogP contribution in [0.3, 0.4) is 0 Å². The molecule has 116 valence electrons. The molecule has 4 rings (SSSR count). The third-order valence-corrected chi connectivity index (χ3v) is 4.02. The molecule has 0 saturated carbocycles. The van der Waals surface area contributed by atoms with Gasteiger partial charge in [0.2, 0.25) is 0 Å². The van der Waals surface area contributed by atoms with Crippen molar-refractivity contribution in [2.24, 2.45) is 0 Å². The van der Waals surface area contributed by atoms with Crippen LogP contribution in [0.5, 0.6) is 0 Å². The largest absolute Gasteiger partial charge is 0.393 e. The number of aliphatic hydroxyl groups is 1. The van der Waals surface area contributed by atoms with Gasteiger partial charge >= 0.3 is 0 Å². The normalized spacial score (nSPS) is 23.6. The number of anilines is 1. The Morgan fingerprint density at radius 3 is 2.83 bits per heavy atom. The van der Waals surface area contributed by atoms with Crippen molar-refractivity contribution in [3.05, 3.63) is 60.7 Å². The summed E-state index contributed by atoms with van der Waals surface area (Å²) in [6.07, 6.45) is 6.32. The molecule has 7 heteroatoms. The summed E-state index contributed by atoms with van der Waals surface area (Å²) in [5.74, 6) is 0.326. The molecule has 0 amide bonds. The maximum absolute atomic E-state index is 9.90. The van der Waals surface area contributed by atoms with E-state index in [4.69, 9.17) is 10.5 Å². The fraction of sp³-hybridized carbons (Fsp3) is 0.188. The van der Waals surface area contributed by atoms with Gasteiger partial charge in [0.15, 0.2) is 17.7 Å². The predicted molar refractivity (Wildman–Crippen MR) is 84.2 cm³/mol. The molecule has 0 fully saturated rings. The highest BCUT2D eigenvalue weighted by Gasteiger charge is 2.38. The lowest BCUT2D eigenvalue weighted by Crippen LogP contribution is -2.30. The minimum atomic E-state index is -0.874. The van der Waals surface area contributed by atoms with E-state index in [-0.39, 0.29) is 6.61 Å². The Balaban J connectivity index is 1.73. The lowest BCUT2D eigenvalue weighted by Gasteiger charge is -2.27. The minimum Gasteiger partial charge on any atom is -0.393 e. The monoisotopic (exact) mass is 309 g/mol. The molecule has 3 heterocycles. The smallest absolute Gasteiger partial charge is 0.167 e. The maximum Gasteiger partial charge on any atom is 0.167 e. The average molecular weight is 309 g/mol. The van der Waals surface area contributed by atoms with Gasteiger partial charge in [-0.3, -0.25) is 4.57 Å². The van der Waals surface area contributed by atoms with Crippen molar-refractivity contribution in [2.45, 2.75) is 11.8 Å². The zero-order valence-corrected chi connectivity index (χ0v) is 12.2. The SMILES string of the molecule is Nc1ncnc2c1ncn2[C@@H]1C=C[C@@](CO)(c2ccccc2)O1. The number of benzene rings is 1. The standard InChI is InChI=1S/C16H15N5O2/c17-14-13-15(19-9-18-14)21(10-20-13)12-6-7-16(8-22,23-12)11-4-2-1-3-5-11/h1-7,9-10,12,22H,8H2,(H2,17,18,19)/t12-,16+/m0/s1. The molecule has 2 atom stereocenters. The zero-order chi connectivity index (χ0) is 15.9.